The number of urea groups is 1. The van der Waals surface area contributed by atoms with E-state index in [-0.39, 0.29) is 24.6 Å². The summed E-state index contributed by atoms with van der Waals surface area (Å²) in [4.78, 5) is 24.3. The first-order chi connectivity index (χ1) is 13.5. The largest absolute Gasteiger partial charge is 0.326 e. The number of piperazine rings is 1. The minimum Gasteiger partial charge on any atom is -0.326 e. The highest BCUT2D eigenvalue weighted by atomic mass is 16.7. The molecule has 0 aromatic rings. The Morgan fingerprint density at radius 1 is 1.14 bits per heavy atom. The molecule has 158 valence electrons. The molecule has 4 saturated heterocycles. The van der Waals surface area contributed by atoms with Crippen LogP contribution in [0.3, 0.4) is 0 Å². The van der Waals surface area contributed by atoms with Crippen LogP contribution in [-0.2, 0) is 4.84 Å². The first-order valence-electron chi connectivity index (χ1n) is 11.0. The van der Waals surface area contributed by atoms with Gasteiger partial charge in [0.1, 0.15) is 0 Å². The molecule has 5 fully saturated rings. The van der Waals surface area contributed by atoms with Crippen LogP contribution in [0.1, 0.15) is 33.1 Å². The smallest absolute Gasteiger partial charge is 0.320 e. The molecular formula is C19H35N7O2. The van der Waals surface area contributed by atoms with Crippen molar-refractivity contribution in [3.63, 3.8) is 0 Å². The third-order valence-electron chi connectivity index (χ3n) is 7.45. The fourth-order valence-corrected chi connectivity index (χ4v) is 5.91. The van der Waals surface area contributed by atoms with Gasteiger partial charge in [-0.25, -0.2) is 9.80 Å². The lowest BCUT2D eigenvalue weighted by Gasteiger charge is -2.39. The van der Waals surface area contributed by atoms with E-state index in [2.05, 4.69) is 40.0 Å². The molecule has 9 heteroatoms. The lowest BCUT2D eigenvalue weighted by Crippen LogP contribution is -2.58. The molecule has 1 saturated carbocycles. The van der Waals surface area contributed by atoms with E-state index < -0.39 is 0 Å². The summed E-state index contributed by atoms with van der Waals surface area (Å²) in [5.74, 6) is 1.36. The molecule has 4 heterocycles. The summed E-state index contributed by atoms with van der Waals surface area (Å²) in [5.41, 5.74) is 6.91. The Kier molecular flexibility index (Phi) is 5.01. The van der Waals surface area contributed by atoms with E-state index in [9.17, 15) is 4.79 Å². The summed E-state index contributed by atoms with van der Waals surface area (Å²) >= 11 is 0. The van der Waals surface area contributed by atoms with Crippen molar-refractivity contribution in [2.45, 2.75) is 63.8 Å². The second-order valence-corrected chi connectivity index (χ2v) is 9.50. The van der Waals surface area contributed by atoms with Gasteiger partial charge in [-0.05, 0) is 44.9 Å². The SMILES string of the molecule is CC(C)N1NCC2CCC(C3NOC(N4CCN5C(=O)N(C)CC5C4)N3)CC21. The van der Waals surface area contributed by atoms with E-state index in [1.54, 1.807) is 0 Å². The Morgan fingerprint density at radius 2 is 1.96 bits per heavy atom. The number of amides is 2. The van der Waals surface area contributed by atoms with Crippen LogP contribution in [0.5, 0.6) is 0 Å². The topological polar surface area (TPSA) is 75.4 Å². The summed E-state index contributed by atoms with van der Waals surface area (Å²) in [5, 5.41) is 6.16. The van der Waals surface area contributed by atoms with Crippen molar-refractivity contribution in [2.75, 3.05) is 39.8 Å². The van der Waals surface area contributed by atoms with E-state index in [0.717, 1.165) is 38.6 Å². The predicted octanol–water partition coefficient (Wildman–Crippen LogP) is -0.214. The quantitative estimate of drug-likeness (QED) is 0.612. The highest BCUT2D eigenvalue weighted by Gasteiger charge is 2.46. The number of carbonyl (C=O) groups is 1. The summed E-state index contributed by atoms with van der Waals surface area (Å²) < 4.78 is 0. The number of carbonyl (C=O) groups excluding carboxylic acids is 1. The first kappa shape index (κ1) is 19.0. The zero-order chi connectivity index (χ0) is 19.4. The van der Waals surface area contributed by atoms with Crippen molar-refractivity contribution < 1.29 is 9.63 Å². The number of nitrogens with zero attached hydrogens (tertiary/aromatic N) is 4. The van der Waals surface area contributed by atoms with Gasteiger partial charge in [0.05, 0.1) is 12.2 Å². The van der Waals surface area contributed by atoms with E-state index in [1.807, 2.05) is 16.8 Å². The third-order valence-corrected chi connectivity index (χ3v) is 7.45. The average Bonchev–Trinajstić information content (AvgIpc) is 3.39. The number of hydrogen-bond donors (Lipinski definition) is 3. The lowest BCUT2D eigenvalue weighted by atomic mass is 9.77. The molecule has 1 aliphatic carbocycles. The van der Waals surface area contributed by atoms with Crippen molar-refractivity contribution in [2.24, 2.45) is 11.8 Å². The number of hydroxylamine groups is 1. The van der Waals surface area contributed by atoms with E-state index in [1.165, 1.54) is 19.3 Å². The standard InChI is InChI=1S/C19H35N7O2/c1-12(2)26-16-8-13(4-5-14(16)9-20-26)17-21-18(28-22-17)24-6-7-25-15(11-24)10-23(3)19(25)27/h12-18,20-22H,4-11H2,1-3H3. The lowest BCUT2D eigenvalue weighted by molar-refractivity contribution is -0.0911. The molecular weight excluding hydrogens is 358 g/mol. The van der Waals surface area contributed by atoms with E-state index >= 15 is 0 Å². The van der Waals surface area contributed by atoms with Gasteiger partial charge in [0.2, 0.25) is 0 Å². The number of fused-ring (bicyclic) bond motifs is 2. The van der Waals surface area contributed by atoms with Crippen LogP contribution in [0, 0.1) is 11.8 Å². The van der Waals surface area contributed by atoms with Crippen molar-refractivity contribution in [1.82, 2.24) is 35.9 Å². The highest BCUT2D eigenvalue weighted by molar-refractivity contribution is 5.77. The number of hydrogen-bond acceptors (Lipinski definition) is 7. The average molecular weight is 394 g/mol. The molecule has 5 aliphatic rings. The zero-order valence-corrected chi connectivity index (χ0v) is 17.3. The summed E-state index contributed by atoms with van der Waals surface area (Å²) in [6.07, 6.45) is 3.82. The maximum Gasteiger partial charge on any atom is 0.320 e. The summed E-state index contributed by atoms with van der Waals surface area (Å²) in [7, 11) is 1.89. The molecule has 0 spiro atoms. The van der Waals surface area contributed by atoms with Gasteiger partial charge in [-0.2, -0.15) is 5.48 Å². The predicted molar refractivity (Wildman–Crippen MR) is 105 cm³/mol. The number of hydrazine groups is 1. The molecule has 0 bridgehead atoms. The molecule has 6 unspecified atom stereocenters. The number of likely N-dealkylation sites (N-methyl/N-ethyl adjacent to an activating group) is 1. The zero-order valence-electron chi connectivity index (χ0n) is 17.3. The van der Waals surface area contributed by atoms with Crippen LogP contribution >= 0.6 is 0 Å². The Bertz CT molecular complexity index is 605. The van der Waals surface area contributed by atoms with Crippen molar-refractivity contribution in [3.05, 3.63) is 0 Å². The van der Waals surface area contributed by atoms with Crippen LogP contribution in [0.4, 0.5) is 4.79 Å². The van der Waals surface area contributed by atoms with E-state index in [4.69, 9.17) is 4.84 Å². The van der Waals surface area contributed by atoms with Crippen LogP contribution < -0.4 is 16.2 Å². The molecule has 0 aromatic carbocycles. The van der Waals surface area contributed by atoms with Crippen molar-refractivity contribution in [1.29, 1.82) is 0 Å². The van der Waals surface area contributed by atoms with Gasteiger partial charge in [-0.3, -0.25) is 20.5 Å². The van der Waals surface area contributed by atoms with Crippen molar-refractivity contribution >= 4 is 6.03 Å². The van der Waals surface area contributed by atoms with Crippen LogP contribution in [0.15, 0.2) is 0 Å². The van der Waals surface area contributed by atoms with Gasteiger partial charge >= 0.3 is 6.03 Å². The van der Waals surface area contributed by atoms with Gasteiger partial charge in [0, 0.05) is 51.9 Å². The molecule has 0 radical (unpaired) electrons. The van der Waals surface area contributed by atoms with Gasteiger partial charge < -0.3 is 9.80 Å². The monoisotopic (exact) mass is 393 g/mol. The van der Waals surface area contributed by atoms with Gasteiger partial charge in [-0.15, -0.1) is 0 Å². The maximum atomic E-state index is 12.2. The Labute approximate surface area is 167 Å². The van der Waals surface area contributed by atoms with Gasteiger partial charge in [-0.1, -0.05) is 0 Å². The number of rotatable bonds is 3. The fourth-order valence-electron chi connectivity index (χ4n) is 5.91. The normalized spacial score (nSPS) is 42.5. The number of nitrogens with one attached hydrogen (secondary N) is 3. The second-order valence-electron chi connectivity index (χ2n) is 9.50. The molecule has 5 rings (SSSR count). The maximum absolute atomic E-state index is 12.2. The van der Waals surface area contributed by atoms with Crippen molar-refractivity contribution in [3.8, 4) is 0 Å². The molecule has 9 nitrogen and oxygen atoms in total. The third kappa shape index (κ3) is 3.22. The van der Waals surface area contributed by atoms with Crippen LogP contribution in [-0.4, -0.2) is 96.2 Å². The highest BCUT2D eigenvalue weighted by Crippen LogP contribution is 2.37. The minimum atomic E-state index is -0.103. The molecule has 6 atom stereocenters. The van der Waals surface area contributed by atoms with E-state index in [0.29, 0.717) is 18.0 Å². The van der Waals surface area contributed by atoms with Gasteiger partial charge in [0.15, 0.2) is 6.35 Å². The molecule has 28 heavy (non-hydrogen) atoms. The Morgan fingerprint density at radius 3 is 2.79 bits per heavy atom. The minimum absolute atomic E-state index is 0.103. The van der Waals surface area contributed by atoms with Gasteiger partial charge in [0.25, 0.3) is 0 Å². The first-order valence-corrected chi connectivity index (χ1v) is 11.0. The summed E-state index contributed by atoms with van der Waals surface area (Å²) in [6.45, 7) is 8.97. The summed E-state index contributed by atoms with van der Waals surface area (Å²) in [6, 6.07) is 1.60. The van der Waals surface area contributed by atoms with Crippen LogP contribution in [0.2, 0.25) is 0 Å². The molecule has 3 N–H and O–H groups in total. The molecule has 2 amide bonds. The second kappa shape index (κ2) is 7.37. The Balaban J connectivity index is 1.17. The fraction of sp³-hybridized carbons (Fsp3) is 0.947. The Hall–Kier alpha value is -0.970. The molecule has 4 aliphatic heterocycles. The van der Waals surface area contributed by atoms with Crippen LogP contribution in [0.25, 0.3) is 0 Å². The molecule has 0 aromatic heterocycles.